The fourth-order valence-corrected chi connectivity index (χ4v) is 3.86. The van der Waals surface area contributed by atoms with Crippen LogP contribution in [0.1, 0.15) is 75.5 Å². The Hall–Kier alpha value is -0.980. The molecule has 0 saturated heterocycles. The Morgan fingerprint density at radius 1 is 1.20 bits per heavy atom. The van der Waals surface area contributed by atoms with Gasteiger partial charge in [-0.15, -0.1) is 0 Å². The molecule has 1 saturated carbocycles. The standard InChI is InChI=1S/C19H31N/c1-5-6-7-16-10-14(3)12-18(20)19(16)17-11-13(2)8-9-15(17)4/h10,12-13,15,17H,5-9,11,20H2,1-4H3. The highest BCUT2D eigenvalue weighted by atomic mass is 14.6. The van der Waals surface area contributed by atoms with Crippen LogP contribution in [0.2, 0.25) is 0 Å². The summed E-state index contributed by atoms with van der Waals surface area (Å²) >= 11 is 0. The van der Waals surface area contributed by atoms with Crippen LogP contribution in [-0.4, -0.2) is 0 Å². The van der Waals surface area contributed by atoms with Crippen molar-refractivity contribution in [1.82, 2.24) is 0 Å². The van der Waals surface area contributed by atoms with Gasteiger partial charge in [-0.1, -0.05) is 39.7 Å². The minimum Gasteiger partial charge on any atom is -0.398 e. The first-order valence-corrected chi connectivity index (χ1v) is 8.41. The van der Waals surface area contributed by atoms with Crippen LogP contribution in [0.4, 0.5) is 5.69 Å². The maximum atomic E-state index is 6.43. The maximum Gasteiger partial charge on any atom is 0.0354 e. The van der Waals surface area contributed by atoms with Gasteiger partial charge in [0.15, 0.2) is 0 Å². The van der Waals surface area contributed by atoms with Crippen LogP contribution in [-0.2, 0) is 6.42 Å². The molecule has 1 aromatic rings. The highest BCUT2D eigenvalue weighted by Crippen LogP contribution is 2.44. The molecule has 3 atom stereocenters. The van der Waals surface area contributed by atoms with Crippen molar-refractivity contribution in [2.45, 2.75) is 72.1 Å². The van der Waals surface area contributed by atoms with Gasteiger partial charge in [-0.25, -0.2) is 0 Å². The molecule has 0 bridgehead atoms. The molecule has 0 spiro atoms. The molecule has 0 heterocycles. The summed E-state index contributed by atoms with van der Waals surface area (Å²) in [6, 6.07) is 4.56. The minimum atomic E-state index is 0.672. The van der Waals surface area contributed by atoms with Crippen molar-refractivity contribution in [2.24, 2.45) is 11.8 Å². The van der Waals surface area contributed by atoms with Gasteiger partial charge in [-0.05, 0) is 73.1 Å². The van der Waals surface area contributed by atoms with E-state index in [0.29, 0.717) is 5.92 Å². The van der Waals surface area contributed by atoms with Gasteiger partial charge in [-0.2, -0.15) is 0 Å². The highest BCUT2D eigenvalue weighted by molar-refractivity contribution is 5.55. The summed E-state index contributed by atoms with van der Waals surface area (Å²) in [6.07, 6.45) is 7.76. The Labute approximate surface area is 125 Å². The molecular formula is C19H31N. The van der Waals surface area contributed by atoms with E-state index in [1.54, 1.807) is 0 Å². The molecule has 1 aliphatic carbocycles. The number of aryl methyl sites for hydroxylation is 2. The predicted octanol–water partition coefficient (Wildman–Crippen LogP) is 5.46. The lowest BCUT2D eigenvalue weighted by Gasteiger charge is -2.35. The van der Waals surface area contributed by atoms with Crippen molar-refractivity contribution in [3.8, 4) is 0 Å². The molecule has 1 heteroatoms. The van der Waals surface area contributed by atoms with Crippen molar-refractivity contribution in [2.75, 3.05) is 5.73 Å². The first-order valence-electron chi connectivity index (χ1n) is 8.41. The molecule has 1 fully saturated rings. The van der Waals surface area contributed by atoms with Crippen molar-refractivity contribution in [3.05, 3.63) is 28.8 Å². The topological polar surface area (TPSA) is 26.0 Å². The Balaban J connectivity index is 2.37. The number of benzene rings is 1. The lowest BCUT2D eigenvalue weighted by molar-refractivity contribution is 0.264. The summed E-state index contributed by atoms with van der Waals surface area (Å²) in [6.45, 7) is 9.25. The van der Waals surface area contributed by atoms with Gasteiger partial charge in [0, 0.05) is 5.69 Å². The predicted molar refractivity (Wildman–Crippen MR) is 89.1 cm³/mol. The number of nitrogens with two attached hydrogens (primary N) is 1. The average Bonchev–Trinajstić information content (AvgIpc) is 2.39. The first kappa shape index (κ1) is 15.4. The summed E-state index contributed by atoms with van der Waals surface area (Å²) in [5, 5.41) is 0. The number of hydrogen-bond acceptors (Lipinski definition) is 1. The molecule has 0 aliphatic heterocycles. The molecular weight excluding hydrogens is 242 g/mol. The third-order valence-corrected chi connectivity index (χ3v) is 5.07. The SMILES string of the molecule is CCCCc1cc(C)cc(N)c1C1CC(C)CCC1C. The molecule has 0 radical (unpaired) electrons. The van der Waals surface area contributed by atoms with Crippen molar-refractivity contribution >= 4 is 5.69 Å². The van der Waals surface area contributed by atoms with Crippen LogP contribution in [0.3, 0.4) is 0 Å². The van der Waals surface area contributed by atoms with Crippen LogP contribution < -0.4 is 5.73 Å². The molecule has 1 aliphatic rings. The summed E-state index contributed by atoms with van der Waals surface area (Å²) in [4.78, 5) is 0. The Bertz CT molecular complexity index is 449. The fourth-order valence-electron chi connectivity index (χ4n) is 3.86. The van der Waals surface area contributed by atoms with E-state index in [2.05, 4.69) is 39.8 Å². The van der Waals surface area contributed by atoms with E-state index >= 15 is 0 Å². The van der Waals surface area contributed by atoms with E-state index in [1.165, 1.54) is 55.2 Å². The Morgan fingerprint density at radius 3 is 2.65 bits per heavy atom. The van der Waals surface area contributed by atoms with Crippen LogP contribution >= 0.6 is 0 Å². The largest absolute Gasteiger partial charge is 0.398 e. The van der Waals surface area contributed by atoms with Crippen LogP contribution in [0.15, 0.2) is 12.1 Å². The van der Waals surface area contributed by atoms with E-state index in [-0.39, 0.29) is 0 Å². The summed E-state index contributed by atoms with van der Waals surface area (Å²) in [5.41, 5.74) is 11.8. The molecule has 1 nitrogen and oxygen atoms in total. The quantitative estimate of drug-likeness (QED) is 0.724. The summed E-state index contributed by atoms with van der Waals surface area (Å²) < 4.78 is 0. The third kappa shape index (κ3) is 3.37. The Kier molecular flexibility index (Phi) is 5.12. The van der Waals surface area contributed by atoms with E-state index in [1.807, 2.05) is 0 Å². The van der Waals surface area contributed by atoms with Gasteiger partial charge in [0.05, 0.1) is 0 Å². The number of unbranched alkanes of at least 4 members (excludes halogenated alkanes) is 1. The summed E-state index contributed by atoms with van der Waals surface area (Å²) in [5.74, 6) is 2.29. The normalized spacial score (nSPS) is 26.7. The Morgan fingerprint density at radius 2 is 1.95 bits per heavy atom. The van der Waals surface area contributed by atoms with Crippen LogP contribution in [0.5, 0.6) is 0 Å². The van der Waals surface area contributed by atoms with Crippen LogP contribution in [0.25, 0.3) is 0 Å². The maximum absolute atomic E-state index is 6.43. The molecule has 0 aromatic heterocycles. The number of hydrogen-bond donors (Lipinski definition) is 1. The van der Waals surface area contributed by atoms with Gasteiger partial charge in [0.25, 0.3) is 0 Å². The molecule has 2 N–H and O–H groups in total. The van der Waals surface area contributed by atoms with E-state index in [9.17, 15) is 0 Å². The van der Waals surface area contributed by atoms with Gasteiger partial charge in [0.1, 0.15) is 0 Å². The molecule has 112 valence electrons. The number of anilines is 1. The molecule has 3 unspecified atom stereocenters. The number of nitrogen functional groups attached to an aromatic ring is 1. The second-order valence-corrected chi connectivity index (χ2v) is 7.03. The lowest BCUT2D eigenvalue weighted by Crippen LogP contribution is -2.22. The van der Waals surface area contributed by atoms with Gasteiger partial charge in [-0.3, -0.25) is 0 Å². The lowest BCUT2D eigenvalue weighted by atomic mass is 9.70. The monoisotopic (exact) mass is 273 g/mol. The van der Waals surface area contributed by atoms with E-state index < -0.39 is 0 Å². The molecule has 2 rings (SSSR count). The van der Waals surface area contributed by atoms with Gasteiger partial charge in [0.2, 0.25) is 0 Å². The second-order valence-electron chi connectivity index (χ2n) is 7.03. The smallest absolute Gasteiger partial charge is 0.0354 e. The second kappa shape index (κ2) is 6.65. The zero-order valence-corrected chi connectivity index (χ0v) is 13.7. The van der Waals surface area contributed by atoms with Crippen LogP contribution in [0, 0.1) is 18.8 Å². The molecule has 1 aromatic carbocycles. The zero-order valence-electron chi connectivity index (χ0n) is 13.7. The molecule has 20 heavy (non-hydrogen) atoms. The first-order chi connectivity index (χ1) is 9.52. The average molecular weight is 273 g/mol. The zero-order chi connectivity index (χ0) is 14.7. The third-order valence-electron chi connectivity index (χ3n) is 5.07. The van der Waals surface area contributed by atoms with Crippen molar-refractivity contribution in [1.29, 1.82) is 0 Å². The van der Waals surface area contributed by atoms with Crippen molar-refractivity contribution < 1.29 is 0 Å². The summed E-state index contributed by atoms with van der Waals surface area (Å²) in [7, 11) is 0. The van der Waals surface area contributed by atoms with E-state index in [0.717, 1.165) is 17.5 Å². The van der Waals surface area contributed by atoms with Gasteiger partial charge < -0.3 is 5.73 Å². The molecule has 0 amide bonds. The number of rotatable bonds is 4. The highest BCUT2D eigenvalue weighted by Gasteiger charge is 2.29. The minimum absolute atomic E-state index is 0.672. The fraction of sp³-hybridized carbons (Fsp3) is 0.684. The van der Waals surface area contributed by atoms with Crippen molar-refractivity contribution in [3.63, 3.8) is 0 Å². The van der Waals surface area contributed by atoms with E-state index in [4.69, 9.17) is 5.73 Å². The van der Waals surface area contributed by atoms with Gasteiger partial charge >= 0.3 is 0 Å².